The molecular weight excluding hydrogens is 394 g/mol. The zero-order valence-electron chi connectivity index (χ0n) is 18.5. The van der Waals surface area contributed by atoms with E-state index in [1.165, 1.54) is 24.5 Å². The predicted octanol–water partition coefficient (Wildman–Crippen LogP) is 2.89. The molecule has 30 heavy (non-hydrogen) atoms. The van der Waals surface area contributed by atoms with Crippen LogP contribution in [-0.4, -0.2) is 51.3 Å². The Balaban J connectivity index is 2.26. The summed E-state index contributed by atoms with van der Waals surface area (Å²) in [6.45, 7) is 7.00. The zero-order valence-corrected chi connectivity index (χ0v) is 19.5. The molecule has 162 valence electrons. The van der Waals surface area contributed by atoms with Gasteiger partial charge >= 0.3 is 0 Å². The highest BCUT2D eigenvalue weighted by atomic mass is 28.4. The van der Waals surface area contributed by atoms with Crippen molar-refractivity contribution in [3.63, 3.8) is 0 Å². The Morgan fingerprint density at radius 1 is 1.07 bits per heavy atom. The molecule has 0 unspecified atom stereocenters. The van der Waals surface area contributed by atoms with Crippen molar-refractivity contribution >= 4 is 24.6 Å². The van der Waals surface area contributed by atoms with E-state index in [1.807, 2.05) is 36.4 Å². The number of aliphatic hydroxyl groups is 1. The predicted molar refractivity (Wildman–Crippen MR) is 123 cm³/mol. The van der Waals surface area contributed by atoms with Gasteiger partial charge in [0.05, 0.1) is 26.2 Å². The Labute approximate surface area is 181 Å². The van der Waals surface area contributed by atoms with Crippen LogP contribution in [0.4, 0.5) is 0 Å². The first kappa shape index (κ1) is 24.0. The number of hydrogen-bond acceptors (Lipinski definition) is 4. The van der Waals surface area contributed by atoms with Gasteiger partial charge in [-0.25, -0.2) is 5.06 Å². The molecule has 0 radical (unpaired) electrons. The van der Waals surface area contributed by atoms with E-state index >= 15 is 0 Å². The quantitative estimate of drug-likeness (QED) is 0.380. The second-order valence-corrected chi connectivity index (χ2v) is 12.6. The van der Waals surface area contributed by atoms with Crippen molar-refractivity contribution in [3.8, 4) is 0 Å². The summed E-state index contributed by atoms with van der Waals surface area (Å²) in [5.41, 5.74) is 0. The van der Waals surface area contributed by atoms with Crippen LogP contribution in [0.3, 0.4) is 0 Å². The summed E-state index contributed by atoms with van der Waals surface area (Å²) in [7, 11) is 0.328. The topological polar surface area (TPSA) is 59.0 Å². The van der Waals surface area contributed by atoms with Crippen molar-refractivity contribution in [2.45, 2.75) is 38.3 Å². The van der Waals surface area contributed by atoms with Crippen LogP contribution in [0.2, 0.25) is 5.04 Å². The number of nitrogens with zero attached hydrogens (tertiary/aromatic N) is 1. The average molecular weight is 428 g/mol. The van der Waals surface area contributed by atoms with Crippen LogP contribution < -0.4 is 10.4 Å². The molecular formula is C24H33NO4Si. The number of hydrogen-bond donors (Lipinski definition) is 1. The first-order valence-corrected chi connectivity index (χ1v) is 12.0. The number of hydroxylamine groups is 2. The van der Waals surface area contributed by atoms with Gasteiger partial charge in [0.1, 0.15) is 0 Å². The maximum Gasteiger partial charge on any atom is 0.261 e. The van der Waals surface area contributed by atoms with Gasteiger partial charge in [-0.05, 0) is 15.4 Å². The minimum Gasteiger partial charge on any atom is -0.404 e. The van der Waals surface area contributed by atoms with Gasteiger partial charge in [0.15, 0.2) is 0 Å². The molecule has 0 saturated carbocycles. The molecule has 0 spiro atoms. The normalized spacial score (nSPS) is 13.4. The molecule has 1 N–H and O–H groups in total. The molecule has 0 bridgehead atoms. The van der Waals surface area contributed by atoms with Crippen LogP contribution in [0, 0.1) is 0 Å². The van der Waals surface area contributed by atoms with Crippen molar-refractivity contribution in [2.75, 3.05) is 20.8 Å². The van der Waals surface area contributed by atoms with Crippen LogP contribution in [0.1, 0.15) is 27.2 Å². The maximum atomic E-state index is 11.9. The maximum absolute atomic E-state index is 11.9. The lowest BCUT2D eigenvalue weighted by Gasteiger charge is -2.42. The molecule has 2 rings (SSSR count). The lowest BCUT2D eigenvalue weighted by atomic mass is 10.2. The molecule has 2 aromatic rings. The van der Waals surface area contributed by atoms with E-state index in [9.17, 15) is 9.90 Å². The molecule has 0 fully saturated rings. The van der Waals surface area contributed by atoms with Crippen LogP contribution in [0.25, 0.3) is 0 Å². The fourth-order valence-electron chi connectivity index (χ4n) is 3.62. The largest absolute Gasteiger partial charge is 0.404 e. The number of carbonyl (C=O) groups is 1. The Morgan fingerprint density at radius 3 is 2.00 bits per heavy atom. The molecule has 1 amide bonds. The third-order valence-electron chi connectivity index (χ3n) is 5.18. The summed E-state index contributed by atoms with van der Waals surface area (Å²) >= 11 is 0. The highest BCUT2D eigenvalue weighted by Gasteiger charge is 2.49. The van der Waals surface area contributed by atoms with Crippen LogP contribution >= 0.6 is 0 Å². The van der Waals surface area contributed by atoms with Crippen molar-refractivity contribution in [2.24, 2.45) is 0 Å². The van der Waals surface area contributed by atoms with Crippen molar-refractivity contribution < 1.29 is 19.2 Å². The second-order valence-electron chi connectivity index (χ2n) is 8.25. The smallest absolute Gasteiger partial charge is 0.261 e. The summed E-state index contributed by atoms with van der Waals surface area (Å²) in [5.74, 6) is -0.289. The van der Waals surface area contributed by atoms with E-state index in [1.54, 1.807) is 12.2 Å². The standard InChI is InChI=1S/C24H33NO4Si/c1-24(2,3)30(21-14-8-6-9-15-21,22-16-10-7-11-17-22)29-18-12-13-20(26)19-23(27)25(4)28-5/h6-17,20,26H,18-19H2,1-5H3/b13-12+/t20-/m0/s1. The minimum absolute atomic E-state index is 0.0416. The summed E-state index contributed by atoms with van der Waals surface area (Å²) in [5, 5.41) is 13.6. The fourth-order valence-corrected chi connectivity index (χ4v) is 8.13. The third-order valence-corrected chi connectivity index (χ3v) is 10.2. The number of carbonyl (C=O) groups excluding carboxylic acids is 1. The van der Waals surface area contributed by atoms with E-state index in [0.29, 0.717) is 6.61 Å². The van der Waals surface area contributed by atoms with E-state index < -0.39 is 14.4 Å². The zero-order chi connectivity index (χ0) is 22.2. The summed E-state index contributed by atoms with van der Waals surface area (Å²) in [4.78, 5) is 16.7. The summed E-state index contributed by atoms with van der Waals surface area (Å²) in [6, 6.07) is 20.8. The monoisotopic (exact) mass is 427 g/mol. The van der Waals surface area contributed by atoms with Gasteiger partial charge < -0.3 is 9.53 Å². The van der Waals surface area contributed by atoms with Crippen molar-refractivity contribution in [1.29, 1.82) is 0 Å². The Hall–Kier alpha value is -2.25. The third kappa shape index (κ3) is 5.67. The van der Waals surface area contributed by atoms with Gasteiger partial charge in [0.2, 0.25) is 5.91 Å². The Kier molecular flexibility index (Phi) is 8.55. The van der Waals surface area contributed by atoms with Crippen LogP contribution in [0.15, 0.2) is 72.8 Å². The molecule has 0 aromatic heterocycles. The van der Waals surface area contributed by atoms with Gasteiger partial charge in [-0.1, -0.05) is 93.6 Å². The minimum atomic E-state index is -2.61. The fraction of sp³-hybridized carbons (Fsp3) is 0.375. The van der Waals surface area contributed by atoms with Crippen molar-refractivity contribution in [3.05, 3.63) is 72.8 Å². The first-order chi connectivity index (χ1) is 14.2. The Bertz CT molecular complexity index is 779. The van der Waals surface area contributed by atoms with Gasteiger partial charge in [-0.15, -0.1) is 0 Å². The number of benzene rings is 2. The van der Waals surface area contributed by atoms with Crippen LogP contribution in [0.5, 0.6) is 0 Å². The average Bonchev–Trinajstić information content (AvgIpc) is 2.73. The van der Waals surface area contributed by atoms with Gasteiger partial charge in [0.25, 0.3) is 8.32 Å². The van der Waals surface area contributed by atoms with E-state index in [4.69, 9.17) is 9.26 Å². The summed E-state index contributed by atoms with van der Waals surface area (Å²) in [6.07, 6.45) is 2.47. The second kappa shape index (κ2) is 10.7. The molecule has 0 aliphatic heterocycles. The van der Waals surface area contributed by atoms with Gasteiger partial charge in [-0.2, -0.15) is 0 Å². The molecule has 5 nitrogen and oxygen atoms in total. The van der Waals surface area contributed by atoms with E-state index in [0.717, 1.165) is 5.06 Å². The molecule has 2 aromatic carbocycles. The number of aliphatic hydroxyl groups excluding tert-OH is 1. The summed E-state index contributed by atoms with van der Waals surface area (Å²) < 4.78 is 6.71. The van der Waals surface area contributed by atoms with Gasteiger partial charge in [0, 0.05) is 7.05 Å². The van der Waals surface area contributed by atoms with E-state index in [-0.39, 0.29) is 17.4 Å². The lowest BCUT2D eigenvalue weighted by Crippen LogP contribution is -2.66. The molecule has 0 aliphatic rings. The number of amides is 1. The highest BCUT2D eigenvalue weighted by molar-refractivity contribution is 6.99. The Morgan fingerprint density at radius 2 is 1.57 bits per heavy atom. The van der Waals surface area contributed by atoms with Gasteiger partial charge in [-0.3, -0.25) is 9.63 Å². The highest BCUT2D eigenvalue weighted by Crippen LogP contribution is 2.36. The molecule has 1 atom stereocenters. The number of rotatable bonds is 9. The molecule has 0 aliphatic carbocycles. The SMILES string of the molecule is CON(C)C(=O)C[C@@H](O)/C=C/CO[Si](c1ccccc1)(c1ccccc1)C(C)(C)C. The van der Waals surface area contributed by atoms with E-state index in [2.05, 4.69) is 45.0 Å². The molecule has 0 heterocycles. The van der Waals surface area contributed by atoms with Crippen LogP contribution in [-0.2, 0) is 14.1 Å². The molecule has 6 heteroatoms. The first-order valence-electron chi connectivity index (χ1n) is 10.1. The lowest BCUT2D eigenvalue weighted by molar-refractivity contribution is -0.170. The van der Waals surface area contributed by atoms with Crippen molar-refractivity contribution in [1.82, 2.24) is 5.06 Å². The molecule has 0 saturated heterocycles.